The lowest BCUT2D eigenvalue weighted by atomic mass is 9.86. The number of carbonyl (C=O) groups excluding carboxylic acids is 1. The smallest absolute Gasteiger partial charge is 0.336 e. The Morgan fingerprint density at radius 1 is 1.21 bits per heavy atom. The number of hydrogen-bond donors (Lipinski definition) is 1. The van der Waals surface area contributed by atoms with Crippen molar-refractivity contribution in [2.75, 3.05) is 13.1 Å². The number of likely N-dealkylation sites (tertiary alicyclic amines) is 1. The molecule has 10 heteroatoms. The van der Waals surface area contributed by atoms with E-state index in [0.29, 0.717) is 18.9 Å². The number of amides is 1. The SMILES string of the molecule is N[C@H](Cc1cc(F)ccc1F)C1CCN(C(=O)c2nccc(C(F)(F)F)n2)CC1. The summed E-state index contributed by atoms with van der Waals surface area (Å²) in [6.45, 7) is 0.533. The molecule has 5 nitrogen and oxygen atoms in total. The molecule has 1 aliphatic rings. The molecule has 1 saturated heterocycles. The molecule has 2 N–H and O–H groups in total. The second-order valence-corrected chi connectivity index (χ2v) is 7.00. The van der Waals surface area contributed by atoms with Gasteiger partial charge in [0, 0.05) is 25.3 Å². The molecular weight excluding hydrogens is 395 g/mol. The molecule has 3 rings (SSSR count). The van der Waals surface area contributed by atoms with Gasteiger partial charge in [0.15, 0.2) is 0 Å². The van der Waals surface area contributed by atoms with E-state index in [2.05, 4.69) is 9.97 Å². The fourth-order valence-corrected chi connectivity index (χ4v) is 3.41. The second-order valence-electron chi connectivity index (χ2n) is 7.00. The van der Waals surface area contributed by atoms with Crippen LogP contribution in [0.2, 0.25) is 0 Å². The molecule has 2 heterocycles. The van der Waals surface area contributed by atoms with Crippen LogP contribution in [0.25, 0.3) is 0 Å². The van der Waals surface area contributed by atoms with Crippen LogP contribution in [-0.2, 0) is 12.6 Å². The quantitative estimate of drug-likeness (QED) is 0.780. The summed E-state index contributed by atoms with van der Waals surface area (Å²) in [6.07, 6.45) is -2.63. The maximum Gasteiger partial charge on any atom is 0.433 e. The Labute approximate surface area is 163 Å². The molecule has 29 heavy (non-hydrogen) atoms. The topological polar surface area (TPSA) is 72.1 Å². The van der Waals surface area contributed by atoms with Gasteiger partial charge >= 0.3 is 6.18 Å². The Hall–Kier alpha value is -2.62. The molecule has 0 spiro atoms. The summed E-state index contributed by atoms with van der Waals surface area (Å²) < 4.78 is 65.4. The summed E-state index contributed by atoms with van der Waals surface area (Å²) in [6, 6.07) is 3.46. The first kappa shape index (κ1) is 21.1. The molecule has 1 atom stereocenters. The molecule has 1 aliphatic heterocycles. The minimum absolute atomic E-state index is 0.0378. The number of nitrogens with zero attached hydrogens (tertiary/aromatic N) is 3. The minimum atomic E-state index is -4.66. The molecule has 2 aromatic rings. The second kappa shape index (κ2) is 8.40. The van der Waals surface area contributed by atoms with Gasteiger partial charge in [-0.25, -0.2) is 18.7 Å². The van der Waals surface area contributed by atoms with Crippen LogP contribution >= 0.6 is 0 Å². The summed E-state index contributed by atoms with van der Waals surface area (Å²) in [7, 11) is 0. The number of nitrogens with two attached hydrogens (primary N) is 1. The first-order valence-corrected chi connectivity index (χ1v) is 9.04. The van der Waals surface area contributed by atoms with Crippen LogP contribution in [0.15, 0.2) is 30.5 Å². The van der Waals surface area contributed by atoms with E-state index < -0.39 is 41.3 Å². The number of piperidine rings is 1. The number of benzene rings is 1. The van der Waals surface area contributed by atoms with Crippen LogP contribution < -0.4 is 5.73 Å². The van der Waals surface area contributed by atoms with Gasteiger partial charge in [-0.2, -0.15) is 13.2 Å². The first-order valence-electron chi connectivity index (χ1n) is 9.04. The summed E-state index contributed by atoms with van der Waals surface area (Å²) in [5.41, 5.74) is 5.17. The predicted octanol–water partition coefficient (Wildman–Crippen LogP) is 3.20. The molecule has 1 fully saturated rings. The van der Waals surface area contributed by atoms with E-state index in [9.17, 15) is 26.7 Å². The minimum Gasteiger partial charge on any atom is -0.336 e. The van der Waals surface area contributed by atoms with Crippen molar-refractivity contribution >= 4 is 5.91 Å². The fraction of sp³-hybridized carbons (Fsp3) is 0.421. The van der Waals surface area contributed by atoms with Crippen molar-refractivity contribution in [2.24, 2.45) is 11.7 Å². The van der Waals surface area contributed by atoms with Crippen LogP contribution in [0.1, 0.15) is 34.7 Å². The van der Waals surface area contributed by atoms with Gasteiger partial charge in [-0.15, -0.1) is 0 Å². The zero-order valence-corrected chi connectivity index (χ0v) is 15.3. The van der Waals surface area contributed by atoms with Crippen molar-refractivity contribution in [3.05, 3.63) is 59.2 Å². The third-order valence-corrected chi connectivity index (χ3v) is 5.03. The predicted molar refractivity (Wildman–Crippen MR) is 93.7 cm³/mol. The lowest BCUT2D eigenvalue weighted by Gasteiger charge is -2.34. The molecule has 0 aliphatic carbocycles. The Bertz CT molecular complexity index is 881. The Morgan fingerprint density at radius 2 is 1.90 bits per heavy atom. The van der Waals surface area contributed by atoms with E-state index in [0.717, 1.165) is 24.4 Å². The van der Waals surface area contributed by atoms with E-state index in [4.69, 9.17) is 5.73 Å². The highest BCUT2D eigenvalue weighted by molar-refractivity contribution is 5.90. The van der Waals surface area contributed by atoms with Crippen LogP contribution in [-0.4, -0.2) is 39.9 Å². The Balaban J connectivity index is 1.60. The maximum absolute atomic E-state index is 13.8. The summed E-state index contributed by atoms with van der Waals surface area (Å²) >= 11 is 0. The highest BCUT2D eigenvalue weighted by Gasteiger charge is 2.34. The summed E-state index contributed by atoms with van der Waals surface area (Å²) in [4.78, 5) is 20.8. The van der Waals surface area contributed by atoms with E-state index in [1.165, 1.54) is 4.90 Å². The highest BCUT2D eigenvalue weighted by atomic mass is 19.4. The zero-order chi connectivity index (χ0) is 21.2. The Morgan fingerprint density at radius 3 is 2.55 bits per heavy atom. The lowest BCUT2D eigenvalue weighted by molar-refractivity contribution is -0.141. The van der Waals surface area contributed by atoms with Crippen molar-refractivity contribution < 1.29 is 26.7 Å². The molecule has 0 unspecified atom stereocenters. The molecule has 0 radical (unpaired) electrons. The van der Waals surface area contributed by atoms with Gasteiger partial charge in [-0.1, -0.05) is 0 Å². The Kier molecular flexibility index (Phi) is 6.11. The maximum atomic E-state index is 13.8. The third kappa shape index (κ3) is 5.06. The van der Waals surface area contributed by atoms with Crippen LogP contribution in [0.3, 0.4) is 0 Å². The number of aromatic nitrogens is 2. The summed E-state index contributed by atoms with van der Waals surface area (Å²) in [5.74, 6) is -2.31. The lowest BCUT2D eigenvalue weighted by Crippen LogP contribution is -2.44. The van der Waals surface area contributed by atoms with Crippen molar-refractivity contribution in [3.63, 3.8) is 0 Å². The standard InChI is InChI=1S/C19H19F5N4O/c20-13-1-2-14(21)12(9-13)10-15(25)11-4-7-28(8-5-11)18(29)17-26-6-3-16(27-17)19(22,23)24/h1-3,6,9,11,15H,4-5,7-8,10,25H2/t15-/m1/s1. The van der Waals surface area contributed by atoms with Gasteiger partial charge in [0.1, 0.15) is 17.3 Å². The van der Waals surface area contributed by atoms with Gasteiger partial charge in [0.05, 0.1) is 0 Å². The molecular formula is C19H19F5N4O. The zero-order valence-electron chi connectivity index (χ0n) is 15.3. The van der Waals surface area contributed by atoms with Gasteiger partial charge < -0.3 is 10.6 Å². The number of hydrogen-bond acceptors (Lipinski definition) is 4. The number of alkyl halides is 3. The van der Waals surface area contributed by atoms with Crippen LogP contribution in [0.4, 0.5) is 22.0 Å². The monoisotopic (exact) mass is 414 g/mol. The molecule has 1 aromatic heterocycles. The van der Waals surface area contributed by atoms with Gasteiger partial charge in [0.25, 0.3) is 5.91 Å². The molecule has 1 aromatic carbocycles. The number of rotatable bonds is 4. The van der Waals surface area contributed by atoms with E-state index >= 15 is 0 Å². The average molecular weight is 414 g/mol. The molecule has 0 saturated carbocycles. The van der Waals surface area contributed by atoms with Gasteiger partial charge in [0.2, 0.25) is 5.82 Å². The highest BCUT2D eigenvalue weighted by Crippen LogP contribution is 2.28. The van der Waals surface area contributed by atoms with E-state index in [-0.39, 0.29) is 31.0 Å². The number of carbonyl (C=O) groups is 1. The van der Waals surface area contributed by atoms with Crippen LogP contribution in [0, 0.1) is 17.6 Å². The van der Waals surface area contributed by atoms with Crippen molar-refractivity contribution in [1.29, 1.82) is 0 Å². The number of halogens is 5. The van der Waals surface area contributed by atoms with Crippen molar-refractivity contribution in [2.45, 2.75) is 31.5 Å². The first-order chi connectivity index (χ1) is 13.6. The largest absolute Gasteiger partial charge is 0.433 e. The van der Waals surface area contributed by atoms with Crippen molar-refractivity contribution in [1.82, 2.24) is 14.9 Å². The van der Waals surface area contributed by atoms with Gasteiger partial charge in [-0.3, -0.25) is 4.79 Å². The van der Waals surface area contributed by atoms with Gasteiger partial charge in [-0.05, 0) is 55.0 Å². The third-order valence-electron chi connectivity index (χ3n) is 5.03. The normalized spacial score (nSPS) is 16.7. The van der Waals surface area contributed by atoms with Crippen LogP contribution in [0.5, 0.6) is 0 Å². The van der Waals surface area contributed by atoms with Crippen molar-refractivity contribution in [3.8, 4) is 0 Å². The van der Waals surface area contributed by atoms with E-state index in [1.807, 2.05) is 0 Å². The van der Waals surface area contributed by atoms with E-state index in [1.54, 1.807) is 0 Å². The fourth-order valence-electron chi connectivity index (χ4n) is 3.41. The molecule has 156 valence electrons. The summed E-state index contributed by atoms with van der Waals surface area (Å²) in [5, 5.41) is 0. The molecule has 0 bridgehead atoms. The average Bonchev–Trinajstić information content (AvgIpc) is 2.69. The molecule has 1 amide bonds.